The van der Waals surface area contributed by atoms with Gasteiger partial charge in [0.15, 0.2) is 0 Å². The van der Waals surface area contributed by atoms with Crippen molar-refractivity contribution in [1.29, 1.82) is 0 Å². The van der Waals surface area contributed by atoms with E-state index in [1.165, 1.54) is 0 Å². The number of barbiturate groups is 1. The molecule has 1 aliphatic rings. The summed E-state index contributed by atoms with van der Waals surface area (Å²) >= 11 is 3.26. The third kappa shape index (κ3) is 3.27. The molecular weight excluding hydrogens is 342 g/mol. The number of urea groups is 1. The molecule has 1 aromatic carbocycles. The molecule has 0 saturated carbocycles. The van der Waals surface area contributed by atoms with Crippen molar-refractivity contribution in [1.82, 2.24) is 10.2 Å². The molecule has 0 spiro atoms. The molecule has 0 aliphatic carbocycles. The third-order valence-corrected chi connectivity index (χ3v) is 3.51. The minimum atomic E-state index is -1.12. The van der Waals surface area contributed by atoms with Crippen molar-refractivity contribution in [3.8, 4) is 0 Å². The lowest BCUT2D eigenvalue weighted by Crippen LogP contribution is -2.57. The predicted octanol–water partition coefficient (Wildman–Crippen LogP) is 0.487. The van der Waals surface area contributed by atoms with Gasteiger partial charge in [-0.05, 0) is 17.7 Å². The minimum Gasteiger partial charge on any atom is -0.370 e. The van der Waals surface area contributed by atoms with Crippen LogP contribution in [0.1, 0.15) is 17.9 Å². The second-order valence-electron chi connectivity index (χ2n) is 4.49. The van der Waals surface area contributed by atoms with Crippen LogP contribution in [0, 0.1) is 0 Å². The van der Waals surface area contributed by atoms with Gasteiger partial charge in [0.05, 0.1) is 0 Å². The lowest BCUT2D eigenvalue weighted by Gasteiger charge is -2.30. The van der Waals surface area contributed by atoms with Crippen LogP contribution in [-0.4, -0.2) is 35.2 Å². The van der Waals surface area contributed by atoms with Gasteiger partial charge in [0.2, 0.25) is 17.7 Å². The average molecular weight is 354 g/mol. The maximum absolute atomic E-state index is 12.3. The van der Waals surface area contributed by atoms with Crippen LogP contribution >= 0.6 is 15.9 Å². The predicted molar refractivity (Wildman–Crippen MR) is 75.9 cm³/mol. The molecule has 110 valence electrons. The van der Waals surface area contributed by atoms with Crippen LogP contribution in [0.25, 0.3) is 0 Å². The van der Waals surface area contributed by atoms with Gasteiger partial charge in [-0.3, -0.25) is 24.6 Å². The molecule has 5 amide bonds. The molecular formula is C13H12BrN3O4. The topological polar surface area (TPSA) is 110 Å². The average Bonchev–Trinajstić information content (AvgIpc) is 2.37. The standard InChI is InChI=1S/C13H12BrN3O4/c14-8-3-1-2-7(6-8)10-11(19)16-13(21)17(12(10)20)5-4-9(15)18/h1-3,6,10H,4-5H2,(H2,15,18)(H,16,19,21). The van der Waals surface area contributed by atoms with E-state index in [4.69, 9.17) is 5.73 Å². The molecule has 0 radical (unpaired) electrons. The maximum Gasteiger partial charge on any atom is 0.330 e. The molecule has 3 N–H and O–H groups in total. The Morgan fingerprint density at radius 1 is 1.33 bits per heavy atom. The number of halogens is 1. The van der Waals surface area contributed by atoms with Gasteiger partial charge in [0, 0.05) is 17.4 Å². The molecule has 2 rings (SSSR count). The van der Waals surface area contributed by atoms with Crippen LogP contribution in [0.15, 0.2) is 28.7 Å². The lowest BCUT2D eigenvalue weighted by molar-refractivity contribution is -0.138. The quantitative estimate of drug-likeness (QED) is 0.767. The van der Waals surface area contributed by atoms with Gasteiger partial charge in [-0.25, -0.2) is 4.79 Å². The number of nitrogens with zero attached hydrogens (tertiary/aromatic N) is 1. The second kappa shape index (κ2) is 6.04. The van der Waals surface area contributed by atoms with E-state index in [0.717, 1.165) is 4.90 Å². The Hall–Kier alpha value is -2.22. The van der Waals surface area contributed by atoms with E-state index < -0.39 is 29.7 Å². The Morgan fingerprint density at radius 3 is 2.67 bits per heavy atom. The first kappa shape index (κ1) is 15.2. The van der Waals surface area contributed by atoms with Crippen LogP contribution < -0.4 is 11.1 Å². The van der Waals surface area contributed by atoms with Crippen LogP contribution in [-0.2, 0) is 14.4 Å². The minimum absolute atomic E-state index is 0.154. The van der Waals surface area contributed by atoms with E-state index in [0.29, 0.717) is 10.0 Å². The van der Waals surface area contributed by atoms with Gasteiger partial charge in [-0.15, -0.1) is 0 Å². The third-order valence-electron chi connectivity index (χ3n) is 3.01. The molecule has 1 aromatic rings. The Balaban J connectivity index is 2.28. The highest BCUT2D eigenvalue weighted by molar-refractivity contribution is 9.10. The molecule has 1 atom stereocenters. The van der Waals surface area contributed by atoms with E-state index in [1.54, 1.807) is 24.3 Å². The zero-order chi connectivity index (χ0) is 15.6. The van der Waals surface area contributed by atoms with Crippen LogP contribution in [0.5, 0.6) is 0 Å². The van der Waals surface area contributed by atoms with Crippen LogP contribution in [0.3, 0.4) is 0 Å². The molecule has 1 aliphatic heterocycles. The van der Waals surface area contributed by atoms with Crippen molar-refractivity contribution >= 4 is 39.7 Å². The summed E-state index contributed by atoms with van der Waals surface area (Å²) in [5.74, 6) is -3.10. The van der Waals surface area contributed by atoms with Crippen LogP contribution in [0.2, 0.25) is 0 Å². The summed E-state index contributed by atoms with van der Waals surface area (Å²) < 4.78 is 0.709. The summed E-state index contributed by atoms with van der Waals surface area (Å²) in [6.07, 6.45) is -0.154. The molecule has 1 heterocycles. The SMILES string of the molecule is NC(=O)CCN1C(=O)NC(=O)C(c2cccc(Br)c2)C1=O. The van der Waals surface area contributed by atoms with Crippen molar-refractivity contribution < 1.29 is 19.2 Å². The summed E-state index contributed by atoms with van der Waals surface area (Å²) in [6, 6.07) is 5.85. The van der Waals surface area contributed by atoms with E-state index in [9.17, 15) is 19.2 Å². The zero-order valence-corrected chi connectivity index (χ0v) is 12.4. The van der Waals surface area contributed by atoms with E-state index >= 15 is 0 Å². The molecule has 1 unspecified atom stereocenters. The Bertz CT molecular complexity index is 632. The van der Waals surface area contributed by atoms with Gasteiger partial charge in [0.25, 0.3) is 0 Å². The molecule has 1 saturated heterocycles. The van der Waals surface area contributed by atoms with E-state index in [2.05, 4.69) is 21.2 Å². The summed E-state index contributed by atoms with van der Waals surface area (Å²) in [6.45, 7) is -0.155. The second-order valence-corrected chi connectivity index (χ2v) is 5.40. The molecule has 0 bridgehead atoms. The Labute approximate surface area is 128 Å². The number of rotatable bonds is 4. The van der Waals surface area contributed by atoms with Gasteiger partial charge in [-0.1, -0.05) is 28.1 Å². The fourth-order valence-corrected chi connectivity index (χ4v) is 2.44. The molecule has 1 fully saturated rings. The summed E-state index contributed by atoms with van der Waals surface area (Å²) in [5, 5.41) is 2.11. The van der Waals surface area contributed by atoms with Crippen molar-refractivity contribution in [2.75, 3.05) is 6.54 Å². The largest absolute Gasteiger partial charge is 0.370 e. The Kier molecular flexibility index (Phi) is 4.37. The van der Waals surface area contributed by atoms with Gasteiger partial charge in [-0.2, -0.15) is 0 Å². The number of amides is 5. The first-order valence-corrected chi connectivity index (χ1v) is 6.89. The number of nitrogens with two attached hydrogens (primary N) is 1. The highest BCUT2D eigenvalue weighted by Crippen LogP contribution is 2.25. The molecule has 0 aromatic heterocycles. The number of carbonyl (C=O) groups is 4. The van der Waals surface area contributed by atoms with Crippen molar-refractivity contribution in [2.24, 2.45) is 5.73 Å². The molecule has 8 heteroatoms. The van der Waals surface area contributed by atoms with Crippen molar-refractivity contribution in [3.63, 3.8) is 0 Å². The lowest BCUT2D eigenvalue weighted by atomic mass is 9.95. The molecule has 7 nitrogen and oxygen atoms in total. The normalized spacial score (nSPS) is 18.6. The first-order valence-electron chi connectivity index (χ1n) is 6.10. The van der Waals surface area contributed by atoms with Crippen LogP contribution in [0.4, 0.5) is 4.79 Å². The van der Waals surface area contributed by atoms with Crippen molar-refractivity contribution in [3.05, 3.63) is 34.3 Å². The smallest absolute Gasteiger partial charge is 0.330 e. The summed E-state index contributed by atoms with van der Waals surface area (Å²) in [7, 11) is 0. The first-order chi connectivity index (χ1) is 9.90. The van der Waals surface area contributed by atoms with Gasteiger partial charge < -0.3 is 5.73 Å². The van der Waals surface area contributed by atoms with E-state index in [1.807, 2.05) is 0 Å². The number of hydrogen-bond acceptors (Lipinski definition) is 4. The molecule has 21 heavy (non-hydrogen) atoms. The van der Waals surface area contributed by atoms with Gasteiger partial charge in [0.1, 0.15) is 5.92 Å². The maximum atomic E-state index is 12.3. The summed E-state index contributed by atoms with van der Waals surface area (Å²) in [5.41, 5.74) is 5.47. The number of primary amides is 1. The van der Waals surface area contributed by atoms with Crippen molar-refractivity contribution in [2.45, 2.75) is 12.3 Å². The van der Waals surface area contributed by atoms with E-state index in [-0.39, 0.29) is 13.0 Å². The number of hydrogen-bond donors (Lipinski definition) is 2. The monoisotopic (exact) mass is 353 g/mol. The number of carbonyl (C=O) groups excluding carboxylic acids is 4. The Morgan fingerprint density at radius 2 is 2.05 bits per heavy atom. The fourth-order valence-electron chi connectivity index (χ4n) is 2.03. The number of nitrogens with one attached hydrogen (secondary N) is 1. The summed E-state index contributed by atoms with van der Waals surface area (Å²) in [4.78, 5) is 47.6. The highest BCUT2D eigenvalue weighted by atomic mass is 79.9. The van der Waals surface area contributed by atoms with Gasteiger partial charge >= 0.3 is 6.03 Å². The zero-order valence-electron chi connectivity index (χ0n) is 10.8. The fraction of sp³-hybridized carbons (Fsp3) is 0.231. The highest BCUT2D eigenvalue weighted by Gasteiger charge is 2.41. The number of benzene rings is 1. The number of imide groups is 2.